The molecule has 1 fully saturated rings. The van der Waals surface area contributed by atoms with Crippen LogP contribution in [0.5, 0.6) is 0 Å². The molecule has 4 rings (SSSR count). The molecule has 3 heterocycles. The highest BCUT2D eigenvalue weighted by Crippen LogP contribution is 2.44. The van der Waals surface area contributed by atoms with Crippen LogP contribution in [0.2, 0.25) is 0 Å². The van der Waals surface area contributed by atoms with Crippen molar-refractivity contribution in [3.05, 3.63) is 33.6 Å². The molecule has 7 nitrogen and oxygen atoms in total. The lowest BCUT2D eigenvalue weighted by Gasteiger charge is -2.54. The van der Waals surface area contributed by atoms with Crippen LogP contribution in [0.15, 0.2) is 10.9 Å². The maximum atomic E-state index is 15.2. The summed E-state index contributed by atoms with van der Waals surface area (Å²) in [5, 5.41) is 0.342. The van der Waals surface area contributed by atoms with Crippen molar-refractivity contribution in [2.24, 2.45) is 7.05 Å². The highest BCUT2D eigenvalue weighted by atomic mass is 19.1. The lowest BCUT2D eigenvalue weighted by atomic mass is 9.92. The predicted octanol–water partition coefficient (Wildman–Crippen LogP) is 2.41. The van der Waals surface area contributed by atoms with E-state index in [1.165, 1.54) is 31.7 Å². The number of methoxy groups -OCH3 is 1. The maximum Gasteiger partial charge on any atom is 0.330 e. The number of carbonyl (C=O) groups is 1. The van der Waals surface area contributed by atoms with Crippen LogP contribution in [0.25, 0.3) is 10.9 Å². The predicted molar refractivity (Wildman–Crippen MR) is 121 cm³/mol. The third-order valence-corrected chi connectivity index (χ3v) is 7.01. The zero-order chi connectivity index (χ0) is 23.5. The number of esters is 1. The van der Waals surface area contributed by atoms with Crippen LogP contribution in [-0.2, 0) is 16.6 Å². The van der Waals surface area contributed by atoms with Crippen LogP contribution >= 0.6 is 0 Å². The summed E-state index contributed by atoms with van der Waals surface area (Å²) in [6.45, 7) is 6.88. The van der Waals surface area contributed by atoms with Crippen molar-refractivity contribution in [2.75, 3.05) is 43.6 Å². The molecule has 0 spiro atoms. The van der Waals surface area contributed by atoms with Crippen LogP contribution in [0.1, 0.15) is 25.8 Å². The summed E-state index contributed by atoms with van der Waals surface area (Å²) in [5.41, 5.74) is 0.340. The molecular weight excluding hydrogens is 418 g/mol. The molecule has 0 N–H and O–H groups in total. The number of aryl methyl sites for hydroxylation is 1. The molecule has 3 atom stereocenters. The van der Waals surface area contributed by atoms with Gasteiger partial charge in [0, 0.05) is 43.7 Å². The molecular formula is C23H30F2N4O3. The number of aromatic nitrogens is 1. The van der Waals surface area contributed by atoms with Gasteiger partial charge in [-0.3, -0.25) is 9.69 Å². The number of anilines is 2. The van der Waals surface area contributed by atoms with Gasteiger partial charge in [-0.05, 0) is 33.4 Å². The summed E-state index contributed by atoms with van der Waals surface area (Å²) in [4.78, 5) is 32.5. The van der Waals surface area contributed by atoms with E-state index in [2.05, 4.69) is 11.8 Å². The molecule has 2 aromatic rings. The largest absolute Gasteiger partial charge is 0.467 e. The van der Waals surface area contributed by atoms with Gasteiger partial charge in [0.15, 0.2) is 5.82 Å². The zero-order valence-corrected chi connectivity index (χ0v) is 19.4. The molecule has 2 aliphatic rings. The Balaban J connectivity index is 2.14. The molecule has 1 saturated heterocycles. The minimum absolute atomic E-state index is 0.0750. The summed E-state index contributed by atoms with van der Waals surface area (Å²) in [5.74, 6) is -1.82. The highest BCUT2D eigenvalue weighted by molar-refractivity contribution is 6.02. The first-order valence-electron chi connectivity index (χ1n) is 11.0. The van der Waals surface area contributed by atoms with Crippen LogP contribution in [-0.4, -0.2) is 67.4 Å². The number of ether oxygens (including phenoxy) is 1. The van der Waals surface area contributed by atoms with E-state index in [9.17, 15) is 14.0 Å². The second kappa shape index (κ2) is 8.03. The number of pyridine rings is 1. The van der Waals surface area contributed by atoms with E-state index in [1.807, 2.05) is 18.9 Å². The van der Waals surface area contributed by atoms with Crippen molar-refractivity contribution >= 4 is 28.2 Å². The summed E-state index contributed by atoms with van der Waals surface area (Å²) in [6, 6.07) is 0.404. The van der Waals surface area contributed by atoms with Crippen molar-refractivity contribution in [1.29, 1.82) is 0 Å². The Morgan fingerprint density at radius 1 is 1.22 bits per heavy atom. The minimum atomic E-state index is -0.738. The fraction of sp³-hybridized carbons (Fsp3) is 0.565. The van der Waals surface area contributed by atoms with Gasteiger partial charge in [0.1, 0.15) is 17.5 Å². The van der Waals surface area contributed by atoms with Gasteiger partial charge >= 0.3 is 5.97 Å². The summed E-state index contributed by atoms with van der Waals surface area (Å²) in [7, 11) is 4.82. The van der Waals surface area contributed by atoms with E-state index in [1.54, 1.807) is 4.90 Å². The average molecular weight is 449 g/mol. The fourth-order valence-electron chi connectivity index (χ4n) is 5.16. The third-order valence-electron chi connectivity index (χ3n) is 7.01. The number of rotatable bonds is 3. The van der Waals surface area contributed by atoms with E-state index < -0.39 is 29.2 Å². The Hall–Kier alpha value is -2.68. The van der Waals surface area contributed by atoms with Gasteiger partial charge in [0.2, 0.25) is 0 Å². The third kappa shape index (κ3) is 3.09. The minimum Gasteiger partial charge on any atom is -0.467 e. The molecule has 2 aliphatic heterocycles. The summed E-state index contributed by atoms with van der Waals surface area (Å²) >= 11 is 0. The second-order valence-electron chi connectivity index (χ2n) is 8.92. The molecule has 174 valence electrons. The van der Waals surface area contributed by atoms with Crippen LogP contribution in [0, 0.1) is 18.6 Å². The van der Waals surface area contributed by atoms with E-state index in [4.69, 9.17) is 4.74 Å². The smallest absolute Gasteiger partial charge is 0.330 e. The quantitative estimate of drug-likeness (QED) is 0.673. The van der Waals surface area contributed by atoms with Crippen molar-refractivity contribution in [3.8, 4) is 0 Å². The van der Waals surface area contributed by atoms with Gasteiger partial charge in [0.25, 0.3) is 5.56 Å². The first kappa shape index (κ1) is 22.5. The van der Waals surface area contributed by atoms with Gasteiger partial charge < -0.3 is 19.1 Å². The Labute approximate surface area is 186 Å². The molecule has 0 amide bonds. The van der Waals surface area contributed by atoms with Crippen molar-refractivity contribution in [1.82, 2.24) is 9.47 Å². The van der Waals surface area contributed by atoms with Gasteiger partial charge in [0.05, 0.1) is 24.4 Å². The molecule has 0 saturated carbocycles. The molecule has 0 bridgehead atoms. The monoisotopic (exact) mass is 448 g/mol. The first-order valence-corrected chi connectivity index (χ1v) is 11.0. The van der Waals surface area contributed by atoms with Crippen molar-refractivity contribution in [2.45, 2.75) is 45.3 Å². The van der Waals surface area contributed by atoms with Crippen LogP contribution in [0.4, 0.5) is 20.2 Å². The number of fused-ring (bicyclic) bond motifs is 5. The lowest BCUT2D eigenvalue weighted by molar-refractivity contribution is -0.143. The van der Waals surface area contributed by atoms with Crippen molar-refractivity contribution < 1.29 is 18.3 Å². The summed E-state index contributed by atoms with van der Waals surface area (Å²) in [6.07, 6.45) is 0.684. The summed E-state index contributed by atoms with van der Waals surface area (Å²) < 4.78 is 36.3. The SMILES string of the molecule is CCCN1c2c(c3cc(F)c(C)c(F)c3n(C)c2=O)N2CC(C)N(C)CC2C1C(=O)OC. The first-order chi connectivity index (χ1) is 15.1. The molecule has 1 aromatic carbocycles. The van der Waals surface area contributed by atoms with Gasteiger partial charge in [-0.1, -0.05) is 6.92 Å². The van der Waals surface area contributed by atoms with E-state index >= 15 is 4.39 Å². The highest BCUT2D eigenvalue weighted by Gasteiger charge is 2.49. The lowest BCUT2D eigenvalue weighted by Crippen LogP contribution is -2.69. The molecule has 3 unspecified atom stereocenters. The number of halogens is 2. The number of nitrogens with zero attached hydrogens (tertiary/aromatic N) is 4. The molecule has 0 radical (unpaired) electrons. The van der Waals surface area contributed by atoms with Crippen LogP contribution in [0.3, 0.4) is 0 Å². The number of hydrogen-bond donors (Lipinski definition) is 0. The second-order valence-corrected chi connectivity index (χ2v) is 8.92. The Morgan fingerprint density at radius 3 is 2.53 bits per heavy atom. The van der Waals surface area contributed by atoms with E-state index in [0.717, 1.165) is 0 Å². The molecule has 32 heavy (non-hydrogen) atoms. The Morgan fingerprint density at radius 2 is 1.91 bits per heavy atom. The normalized spacial score (nSPS) is 23.3. The standard InChI is InChI=1S/C23H30F2N4O3/c1-7-8-28-20(23(31)32-6)16-11-26(4)12(2)10-29(16)19-14-9-15(24)13(3)17(25)18(14)27(5)22(30)21(19)28/h9,12,16,20H,7-8,10-11H2,1-6H3. The fourth-order valence-corrected chi connectivity index (χ4v) is 5.16. The Kier molecular flexibility index (Phi) is 5.65. The number of piperazine rings is 1. The van der Waals surface area contributed by atoms with E-state index in [0.29, 0.717) is 42.8 Å². The number of benzene rings is 1. The molecule has 1 aromatic heterocycles. The number of carbonyl (C=O) groups excluding carboxylic acids is 1. The van der Waals surface area contributed by atoms with Gasteiger partial charge in [-0.2, -0.15) is 0 Å². The maximum absolute atomic E-state index is 15.2. The van der Waals surface area contributed by atoms with Gasteiger partial charge in [-0.15, -0.1) is 0 Å². The van der Waals surface area contributed by atoms with E-state index in [-0.39, 0.29) is 23.2 Å². The Bertz CT molecular complexity index is 1150. The zero-order valence-electron chi connectivity index (χ0n) is 19.4. The number of likely N-dealkylation sites (N-methyl/N-ethyl adjacent to an activating group) is 1. The topological polar surface area (TPSA) is 58.0 Å². The molecule has 9 heteroatoms. The van der Waals surface area contributed by atoms with Crippen LogP contribution < -0.4 is 15.4 Å². The average Bonchev–Trinajstić information content (AvgIpc) is 2.75. The molecule has 0 aliphatic carbocycles. The number of hydrogen-bond acceptors (Lipinski definition) is 6. The van der Waals surface area contributed by atoms with Gasteiger partial charge in [-0.25, -0.2) is 13.6 Å². The van der Waals surface area contributed by atoms with Crippen molar-refractivity contribution in [3.63, 3.8) is 0 Å².